The average Bonchev–Trinajstić information content (AvgIpc) is 2.13. The van der Waals surface area contributed by atoms with Crippen molar-refractivity contribution in [3.8, 4) is 0 Å². The standard InChI is InChI=1S/C7H9F3O5S/c1-2-6(11)14-3-4-16(12,13)15-5-7(8,9)10/h2H,1,3-5H2. The molecular weight excluding hydrogens is 253 g/mol. The minimum absolute atomic E-state index is 0.592. The molecule has 0 rings (SSSR count). The maximum Gasteiger partial charge on any atom is 0.413 e. The van der Waals surface area contributed by atoms with Gasteiger partial charge in [0.2, 0.25) is 0 Å². The molecule has 0 saturated heterocycles. The van der Waals surface area contributed by atoms with Gasteiger partial charge in [-0.2, -0.15) is 21.6 Å². The lowest BCUT2D eigenvalue weighted by molar-refractivity contribution is -0.152. The van der Waals surface area contributed by atoms with Crippen LogP contribution < -0.4 is 0 Å². The third kappa shape index (κ3) is 8.24. The van der Waals surface area contributed by atoms with Crippen LogP contribution in [0.4, 0.5) is 13.2 Å². The second kappa shape index (κ2) is 5.85. The SMILES string of the molecule is C=CC(=O)OCCS(=O)(=O)OCC(F)(F)F. The predicted octanol–water partition coefficient (Wildman–Crippen LogP) is 0.624. The first kappa shape index (κ1) is 14.9. The van der Waals surface area contributed by atoms with Gasteiger partial charge in [-0.05, 0) is 0 Å². The molecule has 0 aromatic carbocycles. The third-order valence-corrected chi connectivity index (χ3v) is 2.29. The Morgan fingerprint density at radius 2 is 1.94 bits per heavy atom. The summed E-state index contributed by atoms with van der Waals surface area (Å²) in [5.41, 5.74) is 0. The summed E-state index contributed by atoms with van der Waals surface area (Å²) >= 11 is 0. The van der Waals surface area contributed by atoms with Crippen molar-refractivity contribution in [1.29, 1.82) is 0 Å². The number of ether oxygens (including phenoxy) is 1. The number of carbonyl (C=O) groups is 1. The molecule has 0 aromatic rings. The smallest absolute Gasteiger partial charge is 0.413 e. The quantitative estimate of drug-likeness (QED) is 0.399. The van der Waals surface area contributed by atoms with Crippen LogP contribution in [0.2, 0.25) is 0 Å². The molecule has 0 saturated carbocycles. The molecule has 0 unspecified atom stereocenters. The Morgan fingerprint density at radius 3 is 2.38 bits per heavy atom. The van der Waals surface area contributed by atoms with Crippen LogP contribution in [0.3, 0.4) is 0 Å². The first-order chi connectivity index (χ1) is 7.16. The van der Waals surface area contributed by atoms with E-state index < -0.39 is 41.2 Å². The molecule has 94 valence electrons. The summed E-state index contributed by atoms with van der Waals surface area (Å²) < 4.78 is 64.3. The highest BCUT2D eigenvalue weighted by Crippen LogP contribution is 2.15. The summed E-state index contributed by atoms with van der Waals surface area (Å²) in [6.07, 6.45) is -3.94. The molecule has 0 bridgehead atoms. The number of alkyl halides is 3. The average molecular weight is 262 g/mol. The van der Waals surface area contributed by atoms with E-state index in [1.807, 2.05) is 0 Å². The van der Waals surface area contributed by atoms with Gasteiger partial charge in [0.25, 0.3) is 10.1 Å². The fourth-order valence-corrected chi connectivity index (χ4v) is 1.24. The minimum atomic E-state index is -4.73. The van der Waals surface area contributed by atoms with Gasteiger partial charge in [-0.15, -0.1) is 0 Å². The van der Waals surface area contributed by atoms with E-state index in [1.165, 1.54) is 0 Å². The van der Waals surface area contributed by atoms with Gasteiger partial charge < -0.3 is 4.74 Å². The summed E-state index contributed by atoms with van der Waals surface area (Å²) in [4.78, 5) is 10.5. The molecule has 0 spiro atoms. The van der Waals surface area contributed by atoms with Crippen molar-refractivity contribution in [3.05, 3.63) is 12.7 Å². The molecular formula is C7H9F3O5S. The van der Waals surface area contributed by atoms with Crippen LogP contribution in [0, 0.1) is 0 Å². The molecule has 16 heavy (non-hydrogen) atoms. The molecule has 0 N–H and O–H groups in total. The number of hydrogen-bond acceptors (Lipinski definition) is 5. The molecule has 0 aliphatic heterocycles. The first-order valence-corrected chi connectivity index (χ1v) is 5.47. The monoisotopic (exact) mass is 262 g/mol. The Balaban J connectivity index is 3.98. The van der Waals surface area contributed by atoms with E-state index in [2.05, 4.69) is 15.5 Å². The van der Waals surface area contributed by atoms with Gasteiger partial charge in [-0.3, -0.25) is 4.18 Å². The van der Waals surface area contributed by atoms with E-state index in [0.29, 0.717) is 0 Å². The summed E-state index contributed by atoms with van der Waals surface area (Å²) in [5, 5.41) is 0. The lowest BCUT2D eigenvalue weighted by Crippen LogP contribution is -2.24. The largest absolute Gasteiger partial charge is 0.461 e. The Morgan fingerprint density at radius 1 is 1.38 bits per heavy atom. The highest BCUT2D eigenvalue weighted by molar-refractivity contribution is 7.86. The maximum absolute atomic E-state index is 11.6. The molecule has 5 nitrogen and oxygen atoms in total. The van der Waals surface area contributed by atoms with Crippen LogP contribution in [-0.2, 0) is 23.8 Å². The molecule has 0 fully saturated rings. The van der Waals surface area contributed by atoms with Gasteiger partial charge in [0.15, 0.2) is 6.61 Å². The van der Waals surface area contributed by atoms with Crippen molar-refractivity contribution in [2.75, 3.05) is 19.0 Å². The summed E-state index contributed by atoms with van der Waals surface area (Å²) in [5.74, 6) is -1.71. The van der Waals surface area contributed by atoms with Crippen LogP contribution in [0.5, 0.6) is 0 Å². The van der Waals surface area contributed by atoms with E-state index in [9.17, 15) is 26.4 Å². The zero-order valence-electron chi connectivity index (χ0n) is 7.99. The molecule has 0 aliphatic rings. The van der Waals surface area contributed by atoms with Crippen LogP contribution in [-0.4, -0.2) is 39.5 Å². The lowest BCUT2D eigenvalue weighted by Gasteiger charge is -2.07. The van der Waals surface area contributed by atoms with E-state index in [1.54, 1.807) is 0 Å². The van der Waals surface area contributed by atoms with Gasteiger partial charge in [0.1, 0.15) is 12.4 Å². The van der Waals surface area contributed by atoms with Gasteiger partial charge in [0.05, 0.1) is 0 Å². The van der Waals surface area contributed by atoms with Crippen LogP contribution in [0.1, 0.15) is 0 Å². The summed E-state index contributed by atoms with van der Waals surface area (Å²) in [6.45, 7) is 0.550. The fourth-order valence-electron chi connectivity index (χ4n) is 0.519. The van der Waals surface area contributed by atoms with E-state index in [0.717, 1.165) is 6.08 Å². The Bertz CT molecular complexity index is 346. The second-order valence-corrected chi connectivity index (χ2v) is 4.27. The van der Waals surface area contributed by atoms with Crippen molar-refractivity contribution in [1.82, 2.24) is 0 Å². The van der Waals surface area contributed by atoms with Crippen LogP contribution in [0.25, 0.3) is 0 Å². The molecule has 0 amide bonds. The second-order valence-electron chi connectivity index (χ2n) is 2.51. The summed E-state index contributed by atoms with van der Waals surface area (Å²) in [7, 11) is -4.35. The lowest BCUT2D eigenvalue weighted by atomic mass is 10.6. The van der Waals surface area contributed by atoms with Crippen LogP contribution >= 0.6 is 0 Å². The van der Waals surface area contributed by atoms with Gasteiger partial charge in [0, 0.05) is 6.08 Å². The predicted molar refractivity (Wildman–Crippen MR) is 46.9 cm³/mol. The molecule has 0 aromatic heterocycles. The number of carbonyl (C=O) groups excluding carboxylic acids is 1. The van der Waals surface area contributed by atoms with Crippen molar-refractivity contribution in [2.45, 2.75) is 6.18 Å². The van der Waals surface area contributed by atoms with Gasteiger partial charge >= 0.3 is 12.1 Å². The number of halogens is 3. The Hall–Kier alpha value is -1.09. The molecule has 0 atom stereocenters. The van der Waals surface area contributed by atoms with Crippen molar-refractivity contribution >= 4 is 16.1 Å². The topological polar surface area (TPSA) is 69.7 Å². The first-order valence-electron chi connectivity index (χ1n) is 3.89. The molecule has 9 heteroatoms. The van der Waals surface area contributed by atoms with Gasteiger partial charge in [-0.25, -0.2) is 4.79 Å². The fraction of sp³-hybridized carbons (Fsp3) is 0.571. The van der Waals surface area contributed by atoms with E-state index in [-0.39, 0.29) is 0 Å². The number of rotatable bonds is 6. The highest BCUT2D eigenvalue weighted by atomic mass is 32.2. The van der Waals surface area contributed by atoms with Crippen LogP contribution in [0.15, 0.2) is 12.7 Å². The highest BCUT2D eigenvalue weighted by Gasteiger charge is 2.30. The third-order valence-electron chi connectivity index (χ3n) is 1.15. The van der Waals surface area contributed by atoms with E-state index in [4.69, 9.17) is 0 Å². The number of hydrogen-bond donors (Lipinski definition) is 0. The van der Waals surface area contributed by atoms with E-state index >= 15 is 0 Å². The zero-order valence-corrected chi connectivity index (χ0v) is 8.81. The zero-order chi connectivity index (χ0) is 12.8. The van der Waals surface area contributed by atoms with Crippen molar-refractivity contribution in [3.63, 3.8) is 0 Å². The maximum atomic E-state index is 11.6. The summed E-state index contributed by atoms with van der Waals surface area (Å²) in [6, 6.07) is 0. The normalized spacial score (nSPS) is 12.2. The Labute approximate surface area is 90.0 Å². The molecule has 0 radical (unpaired) electrons. The number of esters is 1. The Kier molecular flexibility index (Phi) is 5.45. The minimum Gasteiger partial charge on any atom is -0.461 e. The molecule has 0 aliphatic carbocycles. The van der Waals surface area contributed by atoms with Crippen molar-refractivity contribution in [2.24, 2.45) is 0 Å². The molecule has 0 heterocycles. The van der Waals surface area contributed by atoms with Gasteiger partial charge in [-0.1, -0.05) is 6.58 Å². The van der Waals surface area contributed by atoms with Crippen molar-refractivity contribution < 1.29 is 35.3 Å².